The van der Waals surface area contributed by atoms with Gasteiger partial charge in [0.05, 0.1) is 11.0 Å². The Morgan fingerprint density at radius 3 is 2.62 bits per heavy atom. The molecule has 6 heteroatoms. The molecular formula is C15H24N2O4. The Kier molecular flexibility index (Phi) is 7.11. The summed E-state index contributed by atoms with van der Waals surface area (Å²) in [6.45, 7) is 7.91. The number of hydrogen-bond acceptors (Lipinski definition) is 5. The SMILES string of the molecule is COC(C)COc1ccc([N+](=O)[O-])cc1CNCC(C)C. The minimum Gasteiger partial charge on any atom is -0.491 e. The first-order valence-electron chi connectivity index (χ1n) is 7.07. The molecule has 0 aliphatic rings. The van der Waals surface area contributed by atoms with Crippen molar-refractivity contribution >= 4 is 5.69 Å². The van der Waals surface area contributed by atoms with Gasteiger partial charge in [0.15, 0.2) is 0 Å². The molecule has 6 nitrogen and oxygen atoms in total. The number of nitrogens with zero attached hydrogens (tertiary/aromatic N) is 1. The molecule has 0 aliphatic carbocycles. The van der Waals surface area contributed by atoms with E-state index >= 15 is 0 Å². The second-order valence-corrected chi connectivity index (χ2v) is 5.43. The maximum Gasteiger partial charge on any atom is 0.270 e. The van der Waals surface area contributed by atoms with E-state index in [-0.39, 0.29) is 11.8 Å². The van der Waals surface area contributed by atoms with Gasteiger partial charge in [0.25, 0.3) is 5.69 Å². The molecule has 118 valence electrons. The summed E-state index contributed by atoms with van der Waals surface area (Å²) >= 11 is 0. The molecule has 1 aromatic carbocycles. The van der Waals surface area contributed by atoms with Crippen LogP contribution >= 0.6 is 0 Å². The van der Waals surface area contributed by atoms with E-state index in [0.29, 0.717) is 24.8 Å². The molecule has 21 heavy (non-hydrogen) atoms. The Bertz CT molecular complexity index is 463. The van der Waals surface area contributed by atoms with Crippen LogP contribution in [0, 0.1) is 16.0 Å². The number of methoxy groups -OCH3 is 1. The van der Waals surface area contributed by atoms with E-state index in [1.165, 1.54) is 6.07 Å². The van der Waals surface area contributed by atoms with Gasteiger partial charge in [0.2, 0.25) is 0 Å². The summed E-state index contributed by atoms with van der Waals surface area (Å²) < 4.78 is 10.8. The minimum absolute atomic E-state index is 0.0309. The molecule has 1 aromatic rings. The maximum absolute atomic E-state index is 10.9. The van der Waals surface area contributed by atoms with Crippen molar-refractivity contribution in [2.24, 2.45) is 5.92 Å². The van der Waals surface area contributed by atoms with Crippen LogP contribution in [0.2, 0.25) is 0 Å². The molecule has 0 saturated heterocycles. The molecule has 0 radical (unpaired) electrons. The Morgan fingerprint density at radius 2 is 2.05 bits per heavy atom. The zero-order valence-corrected chi connectivity index (χ0v) is 13.1. The van der Waals surface area contributed by atoms with Gasteiger partial charge in [-0.2, -0.15) is 0 Å². The standard InChI is InChI=1S/C15H24N2O4/c1-11(2)8-16-9-13-7-14(17(18)19)5-6-15(13)21-10-12(3)20-4/h5-7,11-12,16H,8-10H2,1-4H3. The first-order chi connectivity index (χ1) is 9.93. The van der Waals surface area contributed by atoms with Crippen molar-refractivity contribution in [3.05, 3.63) is 33.9 Å². The normalized spacial score (nSPS) is 12.4. The van der Waals surface area contributed by atoms with Crippen LogP contribution in [0.1, 0.15) is 26.3 Å². The van der Waals surface area contributed by atoms with Gasteiger partial charge in [-0.3, -0.25) is 10.1 Å². The fraction of sp³-hybridized carbons (Fsp3) is 0.600. The third kappa shape index (κ3) is 6.10. The van der Waals surface area contributed by atoms with E-state index in [1.807, 2.05) is 6.92 Å². The van der Waals surface area contributed by atoms with Crippen molar-refractivity contribution in [2.45, 2.75) is 33.4 Å². The van der Waals surface area contributed by atoms with Crippen molar-refractivity contribution < 1.29 is 14.4 Å². The highest BCUT2D eigenvalue weighted by Crippen LogP contribution is 2.24. The Morgan fingerprint density at radius 1 is 1.33 bits per heavy atom. The largest absolute Gasteiger partial charge is 0.491 e. The van der Waals surface area contributed by atoms with Crippen LogP contribution in [0.3, 0.4) is 0 Å². The first kappa shape index (κ1) is 17.4. The van der Waals surface area contributed by atoms with Crippen molar-refractivity contribution in [1.29, 1.82) is 0 Å². The lowest BCUT2D eigenvalue weighted by Crippen LogP contribution is -2.21. The summed E-state index contributed by atoms with van der Waals surface area (Å²) in [6.07, 6.45) is -0.0309. The summed E-state index contributed by atoms with van der Waals surface area (Å²) in [5.74, 6) is 1.17. The highest BCUT2D eigenvalue weighted by atomic mass is 16.6. The lowest BCUT2D eigenvalue weighted by molar-refractivity contribution is -0.384. The summed E-state index contributed by atoms with van der Waals surface area (Å²) in [4.78, 5) is 10.5. The molecule has 0 saturated carbocycles. The third-order valence-electron chi connectivity index (χ3n) is 3.00. The number of hydrogen-bond donors (Lipinski definition) is 1. The van der Waals surface area contributed by atoms with Gasteiger partial charge in [-0.05, 0) is 25.5 Å². The van der Waals surface area contributed by atoms with E-state index in [4.69, 9.17) is 9.47 Å². The number of rotatable bonds is 9. The van der Waals surface area contributed by atoms with Crippen molar-refractivity contribution in [3.63, 3.8) is 0 Å². The zero-order valence-electron chi connectivity index (χ0n) is 13.1. The molecule has 0 fully saturated rings. The fourth-order valence-corrected chi connectivity index (χ4v) is 1.73. The van der Waals surface area contributed by atoms with E-state index in [9.17, 15) is 10.1 Å². The summed E-state index contributed by atoms with van der Waals surface area (Å²) in [7, 11) is 1.62. The second kappa shape index (κ2) is 8.59. The van der Waals surface area contributed by atoms with E-state index in [1.54, 1.807) is 19.2 Å². The van der Waals surface area contributed by atoms with Crippen molar-refractivity contribution in [1.82, 2.24) is 5.32 Å². The van der Waals surface area contributed by atoms with Crippen molar-refractivity contribution in [3.8, 4) is 5.75 Å². The van der Waals surface area contributed by atoms with Crippen LogP contribution in [0.15, 0.2) is 18.2 Å². The highest BCUT2D eigenvalue weighted by Gasteiger charge is 2.12. The number of non-ortho nitro benzene ring substituents is 1. The fourth-order valence-electron chi connectivity index (χ4n) is 1.73. The van der Waals surface area contributed by atoms with Crippen LogP contribution in [0.25, 0.3) is 0 Å². The van der Waals surface area contributed by atoms with E-state index < -0.39 is 4.92 Å². The predicted octanol–water partition coefficient (Wildman–Crippen LogP) is 2.75. The number of nitro benzene ring substituents is 1. The average Bonchev–Trinajstić information content (AvgIpc) is 2.44. The Labute approximate surface area is 125 Å². The zero-order chi connectivity index (χ0) is 15.8. The second-order valence-electron chi connectivity index (χ2n) is 5.43. The number of benzene rings is 1. The molecular weight excluding hydrogens is 272 g/mol. The molecule has 0 aromatic heterocycles. The summed E-state index contributed by atoms with van der Waals surface area (Å²) in [5, 5.41) is 14.2. The number of nitro groups is 1. The quantitative estimate of drug-likeness (QED) is 0.560. The molecule has 1 unspecified atom stereocenters. The molecule has 0 spiro atoms. The topological polar surface area (TPSA) is 73.6 Å². The van der Waals surface area contributed by atoms with Crippen LogP contribution in [-0.4, -0.2) is 31.3 Å². The van der Waals surface area contributed by atoms with Crippen LogP contribution in [0.4, 0.5) is 5.69 Å². The minimum atomic E-state index is -0.395. The van der Waals surface area contributed by atoms with Gasteiger partial charge < -0.3 is 14.8 Å². The van der Waals surface area contributed by atoms with Crippen LogP contribution in [0.5, 0.6) is 5.75 Å². The molecule has 1 N–H and O–H groups in total. The third-order valence-corrected chi connectivity index (χ3v) is 3.00. The predicted molar refractivity (Wildman–Crippen MR) is 81.6 cm³/mol. The lowest BCUT2D eigenvalue weighted by atomic mass is 10.1. The van der Waals surface area contributed by atoms with Gasteiger partial charge in [0, 0.05) is 31.4 Å². The first-order valence-corrected chi connectivity index (χ1v) is 7.07. The molecule has 0 heterocycles. The van der Waals surface area contributed by atoms with E-state index in [2.05, 4.69) is 19.2 Å². The Hall–Kier alpha value is -1.66. The van der Waals surface area contributed by atoms with Gasteiger partial charge in [-0.15, -0.1) is 0 Å². The van der Waals surface area contributed by atoms with Gasteiger partial charge >= 0.3 is 0 Å². The molecule has 0 bridgehead atoms. The molecule has 1 atom stereocenters. The lowest BCUT2D eigenvalue weighted by Gasteiger charge is -2.15. The van der Waals surface area contributed by atoms with E-state index in [0.717, 1.165) is 12.1 Å². The Balaban J connectivity index is 2.81. The molecule has 0 amide bonds. The smallest absolute Gasteiger partial charge is 0.270 e. The van der Waals surface area contributed by atoms with Gasteiger partial charge in [-0.1, -0.05) is 13.8 Å². The maximum atomic E-state index is 10.9. The van der Waals surface area contributed by atoms with Crippen LogP contribution < -0.4 is 10.1 Å². The molecule has 1 rings (SSSR count). The molecule has 0 aliphatic heterocycles. The summed E-state index contributed by atoms with van der Waals surface area (Å²) in [5.41, 5.74) is 0.858. The van der Waals surface area contributed by atoms with Gasteiger partial charge in [0.1, 0.15) is 12.4 Å². The van der Waals surface area contributed by atoms with Crippen molar-refractivity contribution in [2.75, 3.05) is 20.3 Å². The average molecular weight is 296 g/mol. The van der Waals surface area contributed by atoms with Gasteiger partial charge in [-0.25, -0.2) is 0 Å². The highest BCUT2D eigenvalue weighted by molar-refractivity contribution is 5.43. The number of ether oxygens (including phenoxy) is 2. The monoisotopic (exact) mass is 296 g/mol. The summed E-state index contributed by atoms with van der Waals surface area (Å²) in [6, 6.07) is 4.66. The number of nitrogens with one attached hydrogen (secondary N) is 1. The van der Waals surface area contributed by atoms with Crippen LogP contribution in [-0.2, 0) is 11.3 Å².